The van der Waals surface area contributed by atoms with Gasteiger partial charge in [0, 0.05) is 38.4 Å². The molecule has 0 aromatic heterocycles. The molecule has 2 aromatic rings. The van der Waals surface area contributed by atoms with Crippen molar-refractivity contribution in [3.8, 4) is 0 Å². The summed E-state index contributed by atoms with van der Waals surface area (Å²) in [4.78, 5) is 4.86. The molecule has 0 unspecified atom stereocenters. The molecule has 1 aliphatic heterocycles. The summed E-state index contributed by atoms with van der Waals surface area (Å²) in [6.45, 7) is 9.29. The van der Waals surface area contributed by atoms with Crippen LogP contribution in [-0.2, 0) is 6.54 Å². The standard InChI is InChI=1S/C19H23FN2/c1-15-5-3-8-19(16(15)2)22-11-9-21(10-12-22)14-17-6-4-7-18(20)13-17/h3-8,13H,9-12,14H2,1-2H3. The number of halogens is 1. The van der Waals surface area contributed by atoms with E-state index in [1.165, 1.54) is 22.9 Å². The molecule has 3 rings (SSSR count). The third-order valence-corrected chi connectivity index (χ3v) is 4.58. The summed E-state index contributed by atoms with van der Waals surface area (Å²) in [5, 5.41) is 0. The molecule has 2 aromatic carbocycles. The van der Waals surface area contributed by atoms with Gasteiger partial charge in [0.15, 0.2) is 0 Å². The lowest BCUT2D eigenvalue weighted by Gasteiger charge is -2.37. The first-order valence-electron chi connectivity index (χ1n) is 7.91. The van der Waals surface area contributed by atoms with Gasteiger partial charge in [-0.05, 0) is 48.7 Å². The summed E-state index contributed by atoms with van der Waals surface area (Å²) in [7, 11) is 0. The molecule has 0 saturated carbocycles. The van der Waals surface area contributed by atoms with Crippen LogP contribution in [0.25, 0.3) is 0 Å². The van der Waals surface area contributed by atoms with E-state index in [4.69, 9.17) is 0 Å². The number of rotatable bonds is 3. The molecule has 0 atom stereocenters. The number of anilines is 1. The highest BCUT2D eigenvalue weighted by atomic mass is 19.1. The van der Waals surface area contributed by atoms with Crippen molar-refractivity contribution in [3.05, 3.63) is 65.0 Å². The molecule has 0 spiro atoms. The van der Waals surface area contributed by atoms with Crippen LogP contribution in [0.2, 0.25) is 0 Å². The van der Waals surface area contributed by atoms with Crippen molar-refractivity contribution in [3.63, 3.8) is 0 Å². The summed E-state index contributed by atoms with van der Waals surface area (Å²) < 4.78 is 13.3. The molecular formula is C19H23FN2. The zero-order valence-electron chi connectivity index (χ0n) is 13.3. The fourth-order valence-electron chi connectivity index (χ4n) is 3.12. The summed E-state index contributed by atoms with van der Waals surface area (Å²) in [5.74, 6) is -0.147. The third kappa shape index (κ3) is 3.30. The van der Waals surface area contributed by atoms with Crippen molar-refractivity contribution in [1.82, 2.24) is 4.90 Å². The Balaban J connectivity index is 1.62. The van der Waals surface area contributed by atoms with Crippen molar-refractivity contribution in [1.29, 1.82) is 0 Å². The lowest BCUT2D eigenvalue weighted by Crippen LogP contribution is -2.46. The van der Waals surface area contributed by atoms with Crippen LogP contribution in [0.3, 0.4) is 0 Å². The van der Waals surface area contributed by atoms with E-state index in [1.54, 1.807) is 12.1 Å². The molecule has 0 amide bonds. The Hall–Kier alpha value is -1.87. The van der Waals surface area contributed by atoms with E-state index >= 15 is 0 Å². The Labute approximate surface area is 132 Å². The summed E-state index contributed by atoms with van der Waals surface area (Å²) in [6, 6.07) is 13.4. The van der Waals surface area contributed by atoms with Crippen LogP contribution in [0, 0.1) is 19.7 Å². The smallest absolute Gasteiger partial charge is 0.123 e. The first kappa shape index (κ1) is 15.0. The van der Waals surface area contributed by atoms with Gasteiger partial charge < -0.3 is 4.90 Å². The Morgan fingerprint density at radius 1 is 0.955 bits per heavy atom. The second-order valence-electron chi connectivity index (χ2n) is 6.11. The molecule has 0 N–H and O–H groups in total. The van der Waals surface area contributed by atoms with E-state index in [2.05, 4.69) is 41.8 Å². The normalized spacial score (nSPS) is 16.0. The van der Waals surface area contributed by atoms with Gasteiger partial charge in [0.2, 0.25) is 0 Å². The minimum atomic E-state index is -0.147. The van der Waals surface area contributed by atoms with Gasteiger partial charge in [-0.15, -0.1) is 0 Å². The second kappa shape index (κ2) is 6.49. The first-order valence-corrected chi connectivity index (χ1v) is 7.91. The summed E-state index contributed by atoms with van der Waals surface area (Å²) in [5.41, 5.74) is 5.13. The van der Waals surface area contributed by atoms with Gasteiger partial charge in [0.1, 0.15) is 5.82 Å². The van der Waals surface area contributed by atoms with Crippen LogP contribution in [0.15, 0.2) is 42.5 Å². The maximum Gasteiger partial charge on any atom is 0.123 e. The van der Waals surface area contributed by atoms with E-state index in [0.29, 0.717) is 0 Å². The molecule has 22 heavy (non-hydrogen) atoms. The molecular weight excluding hydrogens is 275 g/mol. The largest absolute Gasteiger partial charge is 0.369 e. The van der Waals surface area contributed by atoms with Gasteiger partial charge in [-0.3, -0.25) is 4.90 Å². The van der Waals surface area contributed by atoms with Crippen LogP contribution < -0.4 is 4.90 Å². The maximum atomic E-state index is 13.3. The number of piperazine rings is 1. The van der Waals surface area contributed by atoms with Crippen LogP contribution >= 0.6 is 0 Å². The van der Waals surface area contributed by atoms with Gasteiger partial charge in [0.05, 0.1) is 0 Å². The predicted octanol–water partition coefficient (Wildman–Crippen LogP) is 3.76. The second-order valence-corrected chi connectivity index (χ2v) is 6.11. The van der Waals surface area contributed by atoms with Crippen LogP contribution in [0.5, 0.6) is 0 Å². The topological polar surface area (TPSA) is 6.48 Å². The van der Waals surface area contributed by atoms with E-state index in [0.717, 1.165) is 38.3 Å². The van der Waals surface area contributed by atoms with Crippen LogP contribution in [0.1, 0.15) is 16.7 Å². The van der Waals surface area contributed by atoms with E-state index in [9.17, 15) is 4.39 Å². The number of hydrogen-bond donors (Lipinski definition) is 0. The molecule has 0 bridgehead atoms. The molecule has 116 valence electrons. The zero-order valence-corrected chi connectivity index (χ0v) is 13.3. The molecule has 0 aliphatic carbocycles. The molecule has 0 radical (unpaired) electrons. The molecule has 2 nitrogen and oxygen atoms in total. The van der Waals surface area contributed by atoms with Gasteiger partial charge >= 0.3 is 0 Å². The number of benzene rings is 2. The molecule has 1 saturated heterocycles. The average molecular weight is 298 g/mol. The van der Waals surface area contributed by atoms with Crippen LogP contribution in [-0.4, -0.2) is 31.1 Å². The third-order valence-electron chi connectivity index (χ3n) is 4.58. The Morgan fingerprint density at radius 2 is 1.68 bits per heavy atom. The van der Waals surface area contributed by atoms with Crippen LogP contribution in [0.4, 0.5) is 10.1 Å². The lowest BCUT2D eigenvalue weighted by atomic mass is 10.1. The van der Waals surface area contributed by atoms with E-state index in [-0.39, 0.29) is 5.82 Å². The first-order chi connectivity index (χ1) is 10.6. The predicted molar refractivity (Wildman–Crippen MR) is 89.8 cm³/mol. The quantitative estimate of drug-likeness (QED) is 0.851. The fourth-order valence-corrected chi connectivity index (χ4v) is 3.12. The molecule has 1 aliphatic rings. The minimum absolute atomic E-state index is 0.147. The van der Waals surface area contributed by atoms with Crippen molar-refractivity contribution in [2.24, 2.45) is 0 Å². The number of nitrogens with zero attached hydrogens (tertiary/aromatic N) is 2. The lowest BCUT2D eigenvalue weighted by molar-refractivity contribution is 0.249. The molecule has 1 fully saturated rings. The monoisotopic (exact) mass is 298 g/mol. The van der Waals surface area contributed by atoms with Gasteiger partial charge in [-0.1, -0.05) is 24.3 Å². The minimum Gasteiger partial charge on any atom is -0.369 e. The SMILES string of the molecule is Cc1cccc(N2CCN(Cc3cccc(F)c3)CC2)c1C. The molecule has 1 heterocycles. The highest BCUT2D eigenvalue weighted by Crippen LogP contribution is 2.24. The number of aryl methyl sites for hydroxylation is 1. The van der Waals surface area contributed by atoms with Gasteiger partial charge in [0.25, 0.3) is 0 Å². The van der Waals surface area contributed by atoms with Gasteiger partial charge in [-0.25, -0.2) is 4.39 Å². The Kier molecular flexibility index (Phi) is 4.44. The van der Waals surface area contributed by atoms with Crippen molar-refractivity contribution in [2.75, 3.05) is 31.1 Å². The van der Waals surface area contributed by atoms with Crippen molar-refractivity contribution >= 4 is 5.69 Å². The average Bonchev–Trinajstić information content (AvgIpc) is 2.51. The van der Waals surface area contributed by atoms with Crippen molar-refractivity contribution in [2.45, 2.75) is 20.4 Å². The Morgan fingerprint density at radius 3 is 2.41 bits per heavy atom. The van der Waals surface area contributed by atoms with E-state index in [1.807, 2.05) is 6.07 Å². The van der Waals surface area contributed by atoms with Gasteiger partial charge in [-0.2, -0.15) is 0 Å². The number of hydrogen-bond acceptors (Lipinski definition) is 2. The maximum absolute atomic E-state index is 13.3. The Bertz CT molecular complexity index is 646. The highest BCUT2D eigenvalue weighted by molar-refractivity contribution is 5.56. The summed E-state index contributed by atoms with van der Waals surface area (Å²) >= 11 is 0. The fraction of sp³-hybridized carbons (Fsp3) is 0.368. The zero-order chi connectivity index (χ0) is 15.5. The van der Waals surface area contributed by atoms with E-state index < -0.39 is 0 Å². The van der Waals surface area contributed by atoms with Crippen molar-refractivity contribution < 1.29 is 4.39 Å². The molecule has 3 heteroatoms. The summed E-state index contributed by atoms with van der Waals surface area (Å²) in [6.07, 6.45) is 0. The highest BCUT2D eigenvalue weighted by Gasteiger charge is 2.18.